The Labute approximate surface area is 101 Å². The molecule has 6 nitrogen and oxygen atoms in total. The third-order valence-electron chi connectivity index (χ3n) is 2.38. The van der Waals surface area contributed by atoms with Crippen LogP contribution in [0.2, 0.25) is 0 Å². The molecule has 0 aromatic heterocycles. The van der Waals surface area contributed by atoms with Crippen LogP contribution < -0.4 is 16.0 Å². The number of carbonyl (C=O) groups excluding carboxylic acids is 2. The van der Waals surface area contributed by atoms with Crippen LogP contribution in [0.15, 0.2) is 0 Å². The van der Waals surface area contributed by atoms with Crippen LogP contribution >= 0.6 is 0 Å². The van der Waals surface area contributed by atoms with E-state index in [1.54, 1.807) is 0 Å². The van der Waals surface area contributed by atoms with Crippen molar-refractivity contribution in [1.82, 2.24) is 16.0 Å². The van der Waals surface area contributed by atoms with Gasteiger partial charge in [-0.1, -0.05) is 0 Å². The zero-order chi connectivity index (χ0) is 12.7. The molecule has 0 spiro atoms. The second kappa shape index (κ2) is 7.11. The lowest BCUT2D eigenvalue weighted by molar-refractivity contribution is -0.120. The molecular formula is C11H21N3O3. The Balaban J connectivity index is 2.06. The molecule has 0 saturated carbocycles. The molecule has 6 heteroatoms. The van der Waals surface area contributed by atoms with Crippen LogP contribution in [0.1, 0.15) is 26.7 Å². The Kier molecular flexibility index (Phi) is 5.76. The normalized spacial score (nSPS) is 19.1. The average molecular weight is 243 g/mol. The van der Waals surface area contributed by atoms with Crippen LogP contribution in [0, 0.1) is 0 Å². The van der Waals surface area contributed by atoms with Gasteiger partial charge in [-0.2, -0.15) is 0 Å². The molecule has 1 saturated heterocycles. The van der Waals surface area contributed by atoms with E-state index in [9.17, 15) is 9.59 Å². The van der Waals surface area contributed by atoms with Crippen LogP contribution in [0.25, 0.3) is 0 Å². The van der Waals surface area contributed by atoms with E-state index in [4.69, 9.17) is 4.74 Å². The fourth-order valence-corrected chi connectivity index (χ4v) is 1.57. The van der Waals surface area contributed by atoms with E-state index >= 15 is 0 Å². The molecule has 0 radical (unpaired) electrons. The van der Waals surface area contributed by atoms with Gasteiger partial charge in [-0.05, 0) is 26.7 Å². The zero-order valence-electron chi connectivity index (χ0n) is 10.4. The average Bonchev–Trinajstić information content (AvgIpc) is 2.75. The Morgan fingerprint density at radius 3 is 2.71 bits per heavy atom. The lowest BCUT2D eigenvalue weighted by Gasteiger charge is -2.12. The topological polar surface area (TPSA) is 79.5 Å². The zero-order valence-corrected chi connectivity index (χ0v) is 10.4. The fourth-order valence-electron chi connectivity index (χ4n) is 1.57. The van der Waals surface area contributed by atoms with Gasteiger partial charge >= 0.3 is 6.03 Å². The lowest BCUT2D eigenvalue weighted by atomic mass is 10.2. The molecule has 3 N–H and O–H groups in total. The first kappa shape index (κ1) is 13.8. The van der Waals surface area contributed by atoms with Crippen LogP contribution in [0.3, 0.4) is 0 Å². The van der Waals surface area contributed by atoms with Gasteiger partial charge in [0.05, 0.1) is 12.6 Å². The maximum atomic E-state index is 11.4. The number of amides is 3. The van der Waals surface area contributed by atoms with Crippen molar-refractivity contribution in [2.24, 2.45) is 0 Å². The monoisotopic (exact) mass is 243 g/mol. The molecule has 17 heavy (non-hydrogen) atoms. The lowest BCUT2D eigenvalue weighted by Crippen LogP contribution is -2.45. The minimum Gasteiger partial charge on any atom is -0.376 e. The van der Waals surface area contributed by atoms with Crippen LogP contribution in [0.4, 0.5) is 4.79 Å². The van der Waals surface area contributed by atoms with Gasteiger partial charge in [0.15, 0.2) is 0 Å². The number of rotatable bonds is 5. The van der Waals surface area contributed by atoms with Crippen molar-refractivity contribution in [2.45, 2.75) is 38.8 Å². The second-order valence-electron chi connectivity index (χ2n) is 4.42. The van der Waals surface area contributed by atoms with Crippen molar-refractivity contribution in [3.8, 4) is 0 Å². The molecule has 0 bridgehead atoms. The predicted octanol–water partition coefficient (Wildman–Crippen LogP) is -0.0108. The Bertz CT molecular complexity index is 263. The van der Waals surface area contributed by atoms with E-state index in [1.165, 1.54) is 0 Å². The van der Waals surface area contributed by atoms with E-state index in [0.29, 0.717) is 6.54 Å². The molecule has 1 aliphatic heterocycles. The van der Waals surface area contributed by atoms with Gasteiger partial charge < -0.3 is 20.7 Å². The van der Waals surface area contributed by atoms with Crippen LogP contribution in [-0.2, 0) is 9.53 Å². The minimum absolute atomic E-state index is 0.00866. The number of nitrogens with one attached hydrogen (secondary N) is 3. The number of hydrogen-bond donors (Lipinski definition) is 3. The van der Waals surface area contributed by atoms with Gasteiger partial charge in [0, 0.05) is 19.2 Å². The molecule has 0 aromatic rings. The largest absolute Gasteiger partial charge is 0.376 e. The first-order chi connectivity index (χ1) is 8.08. The number of urea groups is 1. The van der Waals surface area contributed by atoms with Gasteiger partial charge in [-0.15, -0.1) is 0 Å². The maximum absolute atomic E-state index is 11.4. The molecule has 1 heterocycles. The highest BCUT2D eigenvalue weighted by atomic mass is 16.5. The molecule has 1 rings (SSSR count). The summed E-state index contributed by atoms with van der Waals surface area (Å²) in [5, 5.41) is 7.85. The predicted molar refractivity (Wildman–Crippen MR) is 63.7 cm³/mol. The number of carbonyl (C=O) groups is 2. The summed E-state index contributed by atoms with van der Waals surface area (Å²) in [6.07, 6.45) is 2.17. The highest BCUT2D eigenvalue weighted by Crippen LogP contribution is 2.10. The number of ether oxygens (including phenoxy) is 1. The van der Waals surface area contributed by atoms with Crippen LogP contribution in [-0.4, -0.2) is 43.8 Å². The van der Waals surface area contributed by atoms with Crippen molar-refractivity contribution < 1.29 is 14.3 Å². The van der Waals surface area contributed by atoms with Crippen LogP contribution in [0.5, 0.6) is 0 Å². The van der Waals surface area contributed by atoms with E-state index in [2.05, 4.69) is 16.0 Å². The molecule has 1 aliphatic rings. The Hall–Kier alpha value is -1.30. The van der Waals surface area contributed by atoms with E-state index in [1.807, 2.05) is 13.8 Å². The minimum atomic E-state index is -0.327. The quantitative estimate of drug-likeness (QED) is 0.635. The van der Waals surface area contributed by atoms with Crippen molar-refractivity contribution in [1.29, 1.82) is 0 Å². The summed E-state index contributed by atoms with van der Waals surface area (Å²) in [5.74, 6) is -0.195. The third-order valence-corrected chi connectivity index (χ3v) is 2.38. The SMILES string of the molecule is CC(C)NC(=O)NCC(=O)NCC1CCCO1. The molecule has 1 fully saturated rings. The summed E-state index contributed by atoms with van der Waals surface area (Å²) in [6, 6.07) is -0.266. The summed E-state index contributed by atoms with van der Waals surface area (Å²) in [4.78, 5) is 22.6. The molecule has 98 valence electrons. The summed E-state index contributed by atoms with van der Waals surface area (Å²) < 4.78 is 5.37. The van der Waals surface area contributed by atoms with Gasteiger partial charge in [0.1, 0.15) is 0 Å². The van der Waals surface area contributed by atoms with E-state index < -0.39 is 0 Å². The van der Waals surface area contributed by atoms with Gasteiger partial charge in [0.25, 0.3) is 0 Å². The molecule has 0 aromatic carbocycles. The second-order valence-corrected chi connectivity index (χ2v) is 4.42. The van der Waals surface area contributed by atoms with E-state index in [0.717, 1.165) is 19.4 Å². The third kappa shape index (κ3) is 6.11. The summed E-state index contributed by atoms with van der Waals surface area (Å²) in [6.45, 7) is 5.00. The van der Waals surface area contributed by atoms with Gasteiger partial charge in [-0.25, -0.2) is 4.79 Å². The first-order valence-corrected chi connectivity index (χ1v) is 6.00. The van der Waals surface area contributed by atoms with E-state index in [-0.39, 0.29) is 30.6 Å². The summed E-state index contributed by atoms with van der Waals surface area (Å²) in [7, 11) is 0. The molecule has 1 atom stereocenters. The Morgan fingerprint density at radius 2 is 2.12 bits per heavy atom. The smallest absolute Gasteiger partial charge is 0.315 e. The fraction of sp³-hybridized carbons (Fsp3) is 0.818. The van der Waals surface area contributed by atoms with Gasteiger partial charge in [0.2, 0.25) is 5.91 Å². The number of hydrogen-bond acceptors (Lipinski definition) is 3. The van der Waals surface area contributed by atoms with Crippen molar-refractivity contribution in [3.05, 3.63) is 0 Å². The summed E-state index contributed by atoms with van der Waals surface area (Å²) in [5.41, 5.74) is 0. The molecule has 0 aliphatic carbocycles. The van der Waals surface area contributed by atoms with Crippen molar-refractivity contribution in [3.63, 3.8) is 0 Å². The van der Waals surface area contributed by atoms with Crippen molar-refractivity contribution >= 4 is 11.9 Å². The van der Waals surface area contributed by atoms with Crippen molar-refractivity contribution in [2.75, 3.05) is 19.7 Å². The summed E-state index contributed by atoms with van der Waals surface area (Å²) >= 11 is 0. The molecule has 3 amide bonds. The standard InChI is InChI=1S/C11H21N3O3/c1-8(2)14-11(16)13-7-10(15)12-6-9-4-3-5-17-9/h8-9H,3-7H2,1-2H3,(H,12,15)(H2,13,14,16). The first-order valence-electron chi connectivity index (χ1n) is 6.00. The molecular weight excluding hydrogens is 222 g/mol. The Morgan fingerprint density at radius 1 is 1.35 bits per heavy atom. The highest BCUT2D eigenvalue weighted by Gasteiger charge is 2.16. The van der Waals surface area contributed by atoms with Gasteiger partial charge in [-0.3, -0.25) is 4.79 Å². The molecule has 1 unspecified atom stereocenters. The maximum Gasteiger partial charge on any atom is 0.315 e. The highest BCUT2D eigenvalue weighted by molar-refractivity contribution is 5.83.